The molecule has 38 heavy (non-hydrogen) atoms. The Morgan fingerprint density at radius 3 is 2.26 bits per heavy atom. The minimum Gasteiger partial charge on any atom is -0.445 e. The van der Waals surface area contributed by atoms with E-state index >= 15 is 0 Å². The van der Waals surface area contributed by atoms with Gasteiger partial charge in [0.1, 0.15) is 25.2 Å². The van der Waals surface area contributed by atoms with Gasteiger partial charge in [0.25, 0.3) is 0 Å². The van der Waals surface area contributed by atoms with Crippen molar-refractivity contribution in [2.75, 3.05) is 13.1 Å². The number of carbonyl (C=O) groups excluding carboxylic acids is 4. The number of nitrogens with zero attached hydrogens (tertiary/aromatic N) is 1. The van der Waals surface area contributed by atoms with E-state index in [0.29, 0.717) is 19.4 Å². The zero-order valence-electron chi connectivity index (χ0n) is 21.2. The lowest BCUT2D eigenvalue weighted by molar-refractivity contribution is -0.138. The zero-order chi connectivity index (χ0) is 27.5. The number of rotatable bonds is 11. The third-order valence-corrected chi connectivity index (χ3v) is 6.21. The molecule has 1 saturated heterocycles. The first kappa shape index (κ1) is 28.7. The van der Waals surface area contributed by atoms with Gasteiger partial charge in [-0.3, -0.25) is 14.4 Å². The summed E-state index contributed by atoms with van der Waals surface area (Å²) < 4.78 is 5.10. The number of amides is 4. The molecular formula is C26H33BN4O7. The van der Waals surface area contributed by atoms with Crippen LogP contribution in [0.15, 0.2) is 60.7 Å². The maximum absolute atomic E-state index is 12.9. The maximum atomic E-state index is 12.9. The van der Waals surface area contributed by atoms with Gasteiger partial charge < -0.3 is 35.6 Å². The standard InChI is InChI=1S/C26H33BN4O7/c1-18(24(33)30-22(27(36)37)15-19-9-4-2-5-10-19)29-25(34)21-13-8-14-31(21)23(32)16-28-26(35)38-17-20-11-6-3-7-12-20/h2-7,9-12,18,21-22,36-37H,8,13-17H2,1H3,(H,28,35)(H,29,34)(H,30,33)/t18-,21-,22-/m0/s1. The highest BCUT2D eigenvalue weighted by atomic mass is 16.5. The fourth-order valence-corrected chi connectivity index (χ4v) is 4.14. The quantitative estimate of drug-likeness (QED) is 0.262. The highest BCUT2D eigenvalue weighted by Gasteiger charge is 2.35. The summed E-state index contributed by atoms with van der Waals surface area (Å²) in [5.41, 5.74) is 1.61. The second-order valence-electron chi connectivity index (χ2n) is 9.11. The monoisotopic (exact) mass is 524 g/mol. The van der Waals surface area contributed by atoms with E-state index in [-0.39, 0.29) is 19.6 Å². The zero-order valence-corrected chi connectivity index (χ0v) is 21.2. The van der Waals surface area contributed by atoms with E-state index in [1.165, 1.54) is 11.8 Å². The van der Waals surface area contributed by atoms with Gasteiger partial charge in [0.2, 0.25) is 17.7 Å². The molecule has 11 nitrogen and oxygen atoms in total. The summed E-state index contributed by atoms with van der Waals surface area (Å²) in [7, 11) is -1.79. The molecule has 0 bridgehead atoms. The van der Waals surface area contributed by atoms with Crippen molar-refractivity contribution < 1.29 is 34.0 Å². The minimum absolute atomic E-state index is 0.0646. The molecule has 0 unspecified atom stereocenters. The molecule has 1 fully saturated rings. The van der Waals surface area contributed by atoms with Crippen molar-refractivity contribution in [3.05, 3.63) is 71.8 Å². The van der Waals surface area contributed by atoms with Crippen molar-refractivity contribution in [3.63, 3.8) is 0 Å². The number of ether oxygens (including phenoxy) is 1. The van der Waals surface area contributed by atoms with Crippen molar-refractivity contribution in [2.45, 2.75) is 50.8 Å². The molecule has 3 rings (SSSR count). The Hall–Kier alpha value is -3.90. The Bertz CT molecular complexity index is 1090. The van der Waals surface area contributed by atoms with E-state index in [4.69, 9.17) is 4.74 Å². The van der Waals surface area contributed by atoms with Crippen LogP contribution in [0.3, 0.4) is 0 Å². The van der Waals surface area contributed by atoms with Crippen LogP contribution in [0.4, 0.5) is 4.79 Å². The average Bonchev–Trinajstić information content (AvgIpc) is 3.41. The molecule has 0 aromatic heterocycles. The summed E-state index contributed by atoms with van der Waals surface area (Å²) in [6, 6.07) is 16.4. The van der Waals surface area contributed by atoms with Gasteiger partial charge in [0, 0.05) is 6.54 Å². The van der Waals surface area contributed by atoms with Crippen molar-refractivity contribution in [3.8, 4) is 0 Å². The second kappa shape index (κ2) is 14.2. The number of nitrogens with one attached hydrogen (secondary N) is 3. The van der Waals surface area contributed by atoms with Crippen LogP contribution in [0.2, 0.25) is 0 Å². The molecule has 1 aliphatic heterocycles. The molecule has 4 amide bonds. The summed E-state index contributed by atoms with van der Waals surface area (Å²) in [4.78, 5) is 51.6. The van der Waals surface area contributed by atoms with E-state index in [9.17, 15) is 29.2 Å². The van der Waals surface area contributed by atoms with Crippen LogP contribution in [0.5, 0.6) is 0 Å². The van der Waals surface area contributed by atoms with Crippen LogP contribution < -0.4 is 16.0 Å². The summed E-state index contributed by atoms with van der Waals surface area (Å²) in [5, 5.41) is 27.0. The molecule has 2 aromatic rings. The van der Waals surface area contributed by atoms with Crippen LogP contribution >= 0.6 is 0 Å². The molecule has 1 heterocycles. The van der Waals surface area contributed by atoms with Gasteiger partial charge in [-0.15, -0.1) is 0 Å². The molecule has 3 atom stereocenters. The lowest BCUT2D eigenvalue weighted by Gasteiger charge is -2.26. The van der Waals surface area contributed by atoms with Crippen LogP contribution in [-0.4, -0.2) is 77.0 Å². The molecule has 5 N–H and O–H groups in total. The molecule has 0 spiro atoms. The smallest absolute Gasteiger partial charge is 0.445 e. The Balaban J connectivity index is 1.46. The SMILES string of the molecule is C[C@H](NC(=O)[C@@H]1CCCN1C(=O)CNC(=O)OCc1ccccc1)C(=O)N[C@@H](Cc1ccccc1)B(O)O. The number of hydrogen-bond acceptors (Lipinski definition) is 7. The topological polar surface area (TPSA) is 157 Å². The number of hydrogen-bond donors (Lipinski definition) is 5. The van der Waals surface area contributed by atoms with E-state index < -0.39 is 49.0 Å². The summed E-state index contributed by atoms with van der Waals surface area (Å²) in [5.74, 6) is -2.51. The molecule has 0 aliphatic carbocycles. The lowest BCUT2D eigenvalue weighted by Crippen LogP contribution is -2.56. The van der Waals surface area contributed by atoms with Gasteiger partial charge >= 0.3 is 13.2 Å². The predicted molar refractivity (Wildman–Crippen MR) is 139 cm³/mol. The number of benzene rings is 2. The van der Waals surface area contributed by atoms with Gasteiger partial charge in [0.05, 0.1) is 5.94 Å². The van der Waals surface area contributed by atoms with Crippen molar-refractivity contribution in [2.24, 2.45) is 0 Å². The predicted octanol–water partition coefficient (Wildman–Crippen LogP) is 0.148. The molecule has 12 heteroatoms. The first-order valence-electron chi connectivity index (χ1n) is 12.5. The van der Waals surface area contributed by atoms with Crippen LogP contribution in [0.25, 0.3) is 0 Å². The van der Waals surface area contributed by atoms with Gasteiger partial charge in [-0.1, -0.05) is 60.7 Å². The summed E-state index contributed by atoms with van der Waals surface area (Å²) >= 11 is 0. The summed E-state index contributed by atoms with van der Waals surface area (Å²) in [6.07, 6.45) is 0.454. The molecule has 202 valence electrons. The van der Waals surface area contributed by atoms with E-state index in [1.54, 1.807) is 24.3 Å². The number of alkyl carbamates (subject to hydrolysis) is 1. The Morgan fingerprint density at radius 1 is 1.00 bits per heavy atom. The first-order chi connectivity index (χ1) is 18.2. The van der Waals surface area contributed by atoms with E-state index in [2.05, 4.69) is 16.0 Å². The Morgan fingerprint density at radius 2 is 1.63 bits per heavy atom. The number of likely N-dealkylation sites (tertiary alicyclic amines) is 1. The van der Waals surface area contributed by atoms with Crippen LogP contribution in [0.1, 0.15) is 30.9 Å². The maximum Gasteiger partial charge on any atom is 0.475 e. The minimum atomic E-state index is -1.79. The molecule has 2 aromatic carbocycles. The fraction of sp³-hybridized carbons (Fsp3) is 0.385. The third-order valence-electron chi connectivity index (χ3n) is 6.21. The molecular weight excluding hydrogens is 491 g/mol. The highest BCUT2D eigenvalue weighted by molar-refractivity contribution is 6.43. The number of carbonyl (C=O) groups is 4. The molecule has 1 aliphatic rings. The van der Waals surface area contributed by atoms with Crippen LogP contribution in [-0.2, 0) is 32.1 Å². The Kier molecular flexibility index (Phi) is 10.7. The summed E-state index contributed by atoms with van der Waals surface area (Å²) in [6.45, 7) is 1.55. The Labute approximate surface area is 221 Å². The first-order valence-corrected chi connectivity index (χ1v) is 12.5. The van der Waals surface area contributed by atoms with Crippen molar-refractivity contribution in [1.82, 2.24) is 20.9 Å². The normalized spacial score (nSPS) is 16.2. The van der Waals surface area contributed by atoms with Crippen molar-refractivity contribution >= 4 is 30.9 Å². The van der Waals surface area contributed by atoms with Crippen LogP contribution in [0, 0.1) is 0 Å². The van der Waals surface area contributed by atoms with Gasteiger partial charge in [-0.2, -0.15) is 0 Å². The van der Waals surface area contributed by atoms with E-state index in [0.717, 1.165) is 11.1 Å². The lowest BCUT2D eigenvalue weighted by atomic mass is 9.76. The van der Waals surface area contributed by atoms with Gasteiger partial charge in [0.15, 0.2) is 0 Å². The van der Waals surface area contributed by atoms with Crippen molar-refractivity contribution in [1.29, 1.82) is 0 Å². The van der Waals surface area contributed by atoms with Gasteiger partial charge in [-0.05, 0) is 37.3 Å². The third kappa shape index (κ3) is 8.60. The average molecular weight is 524 g/mol. The molecule has 0 radical (unpaired) electrons. The highest BCUT2D eigenvalue weighted by Crippen LogP contribution is 2.17. The largest absolute Gasteiger partial charge is 0.475 e. The van der Waals surface area contributed by atoms with Gasteiger partial charge in [-0.25, -0.2) is 4.79 Å². The fourth-order valence-electron chi connectivity index (χ4n) is 4.14. The molecule has 0 saturated carbocycles. The second-order valence-corrected chi connectivity index (χ2v) is 9.11. The van der Waals surface area contributed by atoms with E-state index in [1.807, 2.05) is 36.4 Å².